The molecule has 5 heteroatoms. The quantitative estimate of drug-likeness (QED) is 0.177. The normalized spacial score (nSPS) is 11.9. The highest BCUT2D eigenvalue weighted by Crippen LogP contribution is 2.46. The van der Waals surface area contributed by atoms with Crippen LogP contribution in [0, 0.1) is 0 Å². The first kappa shape index (κ1) is 27.9. The van der Waals surface area contributed by atoms with E-state index in [0.717, 1.165) is 66.5 Å². The van der Waals surface area contributed by atoms with Gasteiger partial charge in [-0.2, -0.15) is 0 Å². The molecule has 0 fully saturated rings. The summed E-state index contributed by atoms with van der Waals surface area (Å²) in [4.78, 5) is 11.5. The minimum atomic E-state index is 0.602. The molecule has 11 rings (SSSR count). The van der Waals surface area contributed by atoms with Gasteiger partial charge in [-0.3, -0.25) is 4.98 Å². The minimum absolute atomic E-state index is 0.602. The highest BCUT2D eigenvalue weighted by Gasteiger charge is 2.24. The lowest BCUT2D eigenvalue weighted by Gasteiger charge is -2.25. The molecule has 5 nitrogen and oxygen atoms in total. The molecule has 11 aromatic rings. The number of hydrogen-bond donors (Lipinski definition) is 0. The number of para-hydroxylation sites is 2. The largest absolute Gasteiger partial charge is 0.454 e. The summed E-state index contributed by atoms with van der Waals surface area (Å²) in [6.45, 7) is 0. The van der Waals surface area contributed by atoms with Crippen LogP contribution in [0.25, 0.3) is 87.5 Å². The van der Waals surface area contributed by atoms with Crippen molar-refractivity contribution in [2.75, 3.05) is 4.90 Å². The van der Waals surface area contributed by atoms with Crippen LogP contribution in [-0.4, -0.2) is 9.97 Å². The number of benzene rings is 7. The Morgan fingerprint density at radius 1 is 0.412 bits per heavy atom. The van der Waals surface area contributed by atoms with E-state index in [9.17, 15) is 0 Å². The van der Waals surface area contributed by atoms with Crippen molar-refractivity contribution >= 4 is 93.4 Å². The molecule has 4 heterocycles. The van der Waals surface area contributed by atoms with E-state index in [2.05, 4.69) is 131 Å². The molecule has 0 amide bonds. The smallest absolute Gasteiger partial charge is 0.227 e. The van der Waals surface area contributed by atoms with Crippen molar-refractivity contribution in [1.82, 2.24) is 9.97 Å². The average Bonchev–Trinajstić information content (AvgIpc) is 3.78. The Bertz CT molecular complexity index is 3030. The van der Waals surface area contributed by atoms with Crippen LogP contribution in [0.5, 0.6) is 0 Å². The van der Waals surface area contributed by atoms with Crippen LogP contribution in [0.15, 0.2) is 173 Å². The summed E-state index contributed by atoms with van der Waals surface area (Å²) >= 11 is 0. The molecule has 51 heavy (non-hydrogen) atoms. The topological polar surface area (TPSA) is 55.3 Å². The van der Waals surface area contributed by atoms with E-state index >= 15 is 0 Å². The fourth-order valence-corrected chi connectivity index (χ4v) is 7.90. The van der Waals surface area contributed by atoms with Crippen LogP contribution in [0.4, 0.5) is 17.1 Å². The predicted octanol–water partition coefficient (Wildman–Crippen LogP) is 12.9. The molecular formula is C46H27N3O2. The van der Waals surface area contributed by atoms with Crippen molar-refractivity contribution in [3.8, 4) is 11.1 Å². The van der Waals surface area contributed by atoms with E-state index in [0.29, 0.717) is 5.71 Å². The van der Waals surface area contributed by atoms with Crippen LogP contribution in [0.3, 0.4) is 0 Å². The van der Waals surface area contributed by atoms with Crippen LogP contribution in [0.2, 0.25) is 0 Å². The van der Waals surface area contributed by atoms with Crippen LogP contribution in [0.1, 0.15) is 0 Å². The number of rotatable bonds is 4. The Labute approximate surface area is 291 Å². The summed E-state index contributed by atoms with van der Waals surface area (Å²) in [6, 6.07) is 51.3. The second kappa shape index (κ2) is 10.8. The number of aromatic nitrogens is 2. The summed E-state index contributed by atoms with van der Waals surface area (Å²) < 4.78 is 13.1. The third-order valence-corrected chi connectivity index (χ3v) is 10.2. The van der Waals surface area contributed by atoms with Crippen molar-refractivity contribution in [2.24, 2.45) is 0 Å². The molecule has 0 bridgehead atoms. The van der Waals surface area contributed by atoms with E-state index in [4.69, 9.17) is 13.8 Å². The van der Waals surface area contributed by atoms with Gasteiger partial charge in [-0.25, -0.2) is 4.98 Å². The molecule has 7 aromatic carbocycles. The molecule has 4 aromatic heterocycles. The first-order chi connectivity index (χ1) is 25.3. The molecule has 0 N–H and O–H groups in total. The van der Waals surface area contributed by atoms with Gasteiger partial charge < -0.3 is 13.7 Å². The van der Waals surface area contributed by atoms with E-state index in [1.165, 1.54) is 32.3 Å². The monoisotopic (exact) mass is 653 g/mol. The molecule has 0 aliphatic carbocycles. The third kappa shape index (κ3) is 4.15. The number of pyridine rings is 2. The van der Waals surface area contributed by atoms with Crippen molar-refractivity contribution in [1.29, 1.82) is 0 Å². The molecule has 0 aliphatic rings. The molecule has 0 aliphatic heterocycles. The Morgan fingerprint density at radius 2 is 1.06 bits per heavy atom. The van der Waals surface area contributed by atoms with Crippen molar-refractivity contribution in [3.05, 3.63) is 164 Å². The van der Waals surface area contributed by atoms with Gasteiger partial charge in [0, 0.05) is 39.6 Å². The second-order valence-electron chi connectivity index (χ2n) is 13.0. The lowest BCUT2D eigenvalue weighted by molar-refractivity contribution is 0.654. The Hall–Kier alpha value is -6.98. The highest BCUT2D eigenvalue weighted by molar-refractivity contribution is 6.25. The Morgan fingerprint density at radius 3 is 1.88 bits per heavy atom. The van der Waals surface area contributed by atoms with Crippen molar-refractivity contribution < 1.29 is 8.83 Å². The molecule has 0 spiro atoms. The fourth-order valence-electron chi connectivity index (χ4n) is 7.90. The van der Waals surface area contributed by atoms with Crippen LogP contribution >= 0.6 is 0 Å². The van der Waals surface area contributed by atoms with Gasteiger partial charge in [-0.05, 0) is 85.9 Å². The van der Waals surface area contributed by atoms with E-state index in [1.807, 2.05) is 36.7 Å². The zero-order valence-corrected chi connectivity index (χ0v) is 27.2. The van der Waals surface area contributed by atoms with E-state index < -0.39 is 0 Å². The lowest BCUT2D eigenvalue weighted by Crippen LogP contribution is -2.11. The number of anilines is 3. The lowest BCUT2D eigenvalue weighted by atomic mass is 9.92. The summed E-state index contributed by atoms with van der Waals surface area (Å²) in [5, 5.41) is 11.5. The van der Waals surface area contributed by atoms with Gasteiger partial charge in [0.05, 0.1) is 11.9 Å². The van der Waals surface area contributed by atoms with Gasteiger partial charge in [0.15, 0.2) is 11.2 Å². The fraction of sp³-hybridized carbons (Fsp3) is 0. The molecule has 0 saturated carbocycles. The standard InChI is InChI=1S/C46H27N3O2/c1-2-14-33-31(12-1)32-13-3-4-15-34(32)39-25-29(21-22-35(33)39)28-10-7-11-30(24-28)49(41-19-8-17-37-38-18-9-23-48-46(38)51-44(37)41)42-27-47-26-40-36-16-5-6-20-43(36)50-45(40)42/h1-27H. The van der Waals surface area contributed by atoms with Crippen molar-refractivity contribution in [3.63, 3.8) is 0 Å². The highest BCUT2D eigenvalue weighted by atomic mass is 16.3. The van der Waals surface area contributed by atoms with Gasteiger partial charge in [-0.1, -0.05) is 103 Å². The zero-order chi connectivity index (χ0) is 33.5. The predicted molar refractivity (Wildman–Crippen MR) is 209 cm³/mol. The van der Waals surface area contributed by atoms with E-state index in [-0.39, 0.29) is 0 Å². The molecule has 238 valence electrons. The summed E-state index contributed by atoms with van der Waals surface area (Å²) in [7, 11) is 0. The minimum Gasteiger partial charge on any atom is -0.454 e. The Kier molecular flexibility index (Phi) is 5.89. The summed E-state index contributed by atoms with van der Waals surface area (Å²) in [5.74, 6) is 0. The van der Waals surface area contributed by atoms with Gasteiger partial charge in [-0.15, -0.1) is 0 Å². The molecule has 0 saturated heterocycles. The average molecular weight is 654 g/mol. The maximum atomic E-state index is 6.59. The van der Waals surface area contributed by atoms with Gasteiger partial charge in [0.2, 0.25) is 5.71 Å². The molecule has 0 radical (unpaired) electrons. The van der Waals surface area contributed by atoms with Gasteiger partial charge in [0.25, 0.3) is 0 Å². The number of nitrogens with zero attached hydrogens (tertiary/aromatic N) is 3. The van der Waals surface area contributed by atoms with Crippen LogP contribution < -0.4 is 4.90 Å². The summed E-state index contributed by atoms with van der Waals surface area (Å²) in [5.41, 5.74) is 7.79. The first-order valence-corrected chi connectivity index (χ1v) is 17.1. The maximum Gasteiger partial charge on any atom is 0.227 e. The zero-order valence-electron chi connectivity index (χ0n) is 27.2. The van der Waals surface area contributed by atoms with Crippen molar-refractivity contribution in [2.45, 2.75) is 0 Å². The molecule has 0 atom stereocenters. The third-order valence-electron chi connectivity index (χ3n) is 10.2. The number of hydrogen-bond acceptors (Lipinski definition) is 5. The van der Waals surface area contributed by atoms with E-state index in [1.54, 1.807) is 6.20 Å². The van der Waals surface area contributed by atoms with Crippen LogP contribution in [-0.2, 0) is 0 Å². The maximum absolute atomic E-state index is 6.59. The Balaban J connectivity index is 1.16. The molecular weight excluding hydrogens is 627 g/mol. The summed E-state index contributed by atoms with van der Waals surface area (Å²) in [6.07, 6.45) is 5.53. The van der Waals surface area contributed by atoms with Gasteiger partial charge >= 0.3 is 0 Å². The second-order valence-corrected chi connectivity index (χ2v) is 13.0. The molecule has 0 unspecified atom stereocenters. The first-order valence-electron chi connectivity index (χ1n) is 17.1. The SMILES string of the molecule is c1cc(-c2ccc3c4ccccc4c4ccccc4c3c2)cc(N(c2cncc3c2oc2ccccc23)c2cccc3c2oc2ncccc23)c1. The number of fused-ring (bicyclic) bond motifs is 12. The van der Waals surface area contributed by atoms with Gasteiger partial charge in [0.1, 0.15) is 11.3 Å². The number of furan rings is 2.